The quantitative estimate of drug-likeness (QED) is 0.561. The van der Waals surface area contributed by atoms with Gasteiger partial charge in [-0.05, 0) is 32.0 Å². The van der Waals surface area contributed by atoms with Crippen molar-refractivity contribution in [3.05, 3.63) is 59.7 Å². The number of ether oxygens (including phenoxy) is 1. The Morgan fingerprint density at radius 3 is 2.89 bits per heavy atom. The van der Waals surface area contributed by atoms with E-state index >= 15 is 0 Å². The molecule has 0 spiro atoms. The van der Waals surface area contributed by atoms with Gasteiger partial charge >= 0.3 is 0 Å². The van der Waals surface area contributed by atoms with Crippen LogP contribution in [0.15, 0.2) is 42.7 Å². The number of nitrogens with one attached hydrogen (secondary N) is 1. The van der Waals surface area contributed by atoms with Crippen molar-refractivity contribution in [3.8, 4) is 0 Å². The third kappa shape index (κ3) is 3.05. The summed E-state index contributed by atoms with van der Waals surface area (Å²) in [5, 5.41) is 4.54. The average molecular weight is 376 g/mol. The summed E-state index contributed by atoms with van der Waals surface area (Å²) in [7, 11) is 0. The molecule has 27 heavy (non-hydrogen) atoms. The summed E-state index contributed by atoms with van der Waals surface area (Å²) in [5.41, 5.74) is 5.22. The highest BCUT2D eigenvalue weighted by molar-refractivity contribution is 7.25. The summed E-state index contributed by atoms with van der Waals surface area (Å²) in [6, 6.07) is 12.4. The van der Waals surface area contributed by atoms with Crippen molar-refractivity contribution in [2.75, 3.05) is 5.32 Å². The molecule has 0 aliphatic carbocycles. The monoisotopic (exact) mass is 376 g/mol. The minimum atomic E-state index is -0.158. The Morgan fingerprint density at radius 1 is 1.19 bits per heavy atom. The second kappa shape index (κ2) is 6.25. The summed E-state index contributed by atoms with van der Waals surface area (Å²) < 4.78 is 7.06. The smallest absolute Gasteiger partial charge is 0.126 e. The summed E-state index contributed by atoms with van der Waals surface area (Å²) in [4.78, 5) is 15.1. The molecule has 6 heteroatoms. The fraction of sp³-hybridized carbons (Fsp3) is 0.286. The van der Waals surface area contributed by atoms with E-state index in [2.05, 4.69) is 47.3 Å². The van der Waals surface area contributed by atoms with E-state index in [1.165, 1.54) is 5.56 Å². The van der Waals surface area contributed by atoms with Gasteiger partial charge < -0.3 is 10.1 Å². The average Bonchev–Trinajstić information content (AvgIpc) is 3.03. The minimum absolute atomic E-state index is 0.158. The number of anilines is 1. The molecule has 1 aliphatic rings. The summed E-state index contributed by atoms with van der Waals surface area (Å²) in [6.45, 7) is 5.50. The first-order valence-electron chi connectivity index (χ1n) is 9.07. The van der Waals surface area contributed by atoms with Crippen LogP contribution in [0.3, 0.4) is 0 Å². The van der Waals surface area contributed by atoms with Gasteiger partial charge in [-0.3, -0.25) is 0 Å². The van der Waals surface area contributed by atoms with Gasteiger partial charge in [0.15, 0.2) is 0 Å². The molecule has 0 saturated carbocycles. The van der Waals surface area contributed by atoms with Crippen LogP contribution in [0, 0.1) is 0 Å². The number of hydrogen-bond donors (Lipinski definition) is 1. The number of hydrogen-bond acceptors (Lipinski definition) is 6. The van der Waals surface area contributed by atoms with E-state index in [9.17, 15) is 0 Å². The van der Waals surface area contributed by atoms with E-state index in [0.29, 0.717) is 13.2 Å². The van der Waals surface area contributed by atoms with Gasteiger partial charge in [0.1, 0.15) is 11.2 Å². The van der Waals surface area contributed by atoms with Crippen LogP contribution in [0.4, 0.5) is 5.69 Å². The van der Waals surface area contributed by atoms with E-state index < -0.39 is 0 Å². The standard InChI is InChI=1S/C21H20N4OS/c1-21(2)9-16-13(11-26-21)8-15-18-19(27-20(15)25-16)17(23-12-24-18)10-22-14-6-4-3-5-7-14/h3-8,12,22H,9-11H2,1-2H3. The van der Waals surface area contributed by atoms with Gasteiger partial charge in [-0.25, -0.2) is 15.0 Å². The van der Waals surface area contributed by atoms with Crippen molar-refractivity contribution >= 4 is 37.5 Å². The lowest BCUT2D eigenvalue weighted by Gasteiger charge is -2.30. The normalized spacial score (nSPS) is 15.8. The maximum Gasteiger partial charge on any atom is 0.126 e. The van der Waals surface area contributed by atoms with Crippen LogP contribution in [0.2, 0.25) is 0 Å². The molecule has 1 aliphatic heterocycles. The lowest BCUT2D eigenvalue weighted by Crippen LogP contribution is -2.32. The van der Waals surface area contributed by atoms with Gasteiger partial charge in [-0.2, -0.15) is 0 Å². The molecule has 4 heterocycles. The lowest BCUT2D eigenvalue weighted by molar-refractivity contribution is -0.0411. The zero-order valence-corrected chi connectivity index (χ0v) is 16.1. The first kappa shape index (κ1) is 16.6. The molecule has 0 saturated heterocycles. The number of rotatable bonds is 3. The number of benzene rings is 1. The van der Waals surface area contributed by atoms with Crippen LogP contribution in [-0.2, 0) is 24.3 Å². The largest absolute Gasteiger partial charge is 0.379 e. The van der Waals surface area contributed by atoms with Crippen LogP contribution in [0.1, 0.15) is 30.8 Å². The summed E-state index contributed by atoms with van der Waals surface area (Å²) >= 11 is 1.68. The van der Waals surface area contributed by atoms with Crippen molar-refractivity contribution in [1.29, 1.82) is 0 Å². The molecule has 0 fully saturated rings. The molecule has 5 nitrogen and oxygen atoms in total. The number of aromatic nitrogens is 3. The van der Waals surface area contributed by atoms with Crippen LogP contribution in [0.25, 0.3) is 20.4 Å². The Hall–Kier alpha value is -2.57. The van der Waals surface area contributed by atoms with E-state index in [-0.39, 0.29) is 5.60 Å². The number of pyridine rings is 1. The Bertz CT molecular complexity index is 1140. The van der Waals surface area contributed by atoms with Gasteiger partial charge in [-0.15, -0.1) is 11.3 Å². The molecule has 0 unspecified atom stereocenters. The van der Waals surface area contributed by atoms with Crippen LogP contribution >= 0.6 is 11.3 Å². The fourth-order valence-corrected chi connectivity index (χ4v) is 4.62. The maximum absolute atomic E-state index is 5.96. The molecule has 3 aromatic heterocycles. The molecule has 5 rings (SSSR count). The van der Waals surface area contributed by atoms with Crippen molar-refractivity contribution in [2.24, 2.45) is 0 Å². The minimum Gasteiger partial charge on any atom is -0.379 e. The molecule has 0 atom stereocenters. The Labute approximate surface area is 161 Å². The molecule has 0 bridgehead atoms. The Kier molecular flexibility index (Phi) is 3.84. The van der Waals surface area contributed by atoms with Gasteiger partial charge in [0.25, 0.3) is 0 Å². The summed E-state index contributed by atoms with van der Waals surface area (Å²) in [5.74, 6) is 0. The number of fused-ring (bicyclic) bond motifs is 4. The second-order valence-electron chi connectivity index (χ2n) is 7.49. The number of nitrogens with zero attached hydrogens (tertiary/aromatic N) is 3. The van der Waals surface area contributed by atoms with Gasteiger partial charge in [0, 0.05) is 23.1 Å². The first-order chi connectivity index (χ1) is 13.1. The third-order valence-electron chi connectivity index (χ3n) is 4.93. The van der Waals surface area contributed by atoms with Gasteiger partial charge in [0.05, 0.1) is 40.4 Å². The first-order valence-corrected chi connectivity index (χ1v) is 9.88. The molecule has 1 aromatic carbocycles. The van der Waals surface area contributed by atoms with Crippen LogP contribution in [-0.4, -0.2) is 20.6 Å². The molecular weight excluding hydrogens is 356 g/mol. The van der Waals surface area contributed by atoms with Crippen LogP contribution in [0.5, 0.6) is 0 Å². The summed E-state index contributed by atoms with van der Waals surface area (Å²) in [6.07, 6.45) is 2.48. The number of para-hydroxylation sites is 1. The SMILES string of the molecule is CC1(C)Cc2nc3sc4c(CNc5ccccc5)ncnc4c3cc2CO1. The van der Waals surface area contributed by atoms with Crippen molar-refractivity contribution in [1.82, 2.24) is 15.0 Å². The van der Waals surface area contributed by atoms with Crippen LogP contribution < -0.4 is 5.32 Å². The highest BCUT2D eigenvalue weighted by Crippen LogP contribution is 2.36. The van der Waals surface area contributed by atoms with E-state index in [4.69, 9.17) is 9.72 Å². The molecule has 4 aromatic rings. The highest BCUT2D eigenvalue weighted by Gasteiger charge is 2.28. The van der Waals surface area contributed by atoms with E-state index in [1.807, 2.05) is 18.2 Å². The van der Waals surface area contributed by atoms with E-state index in [0.717, 1.165) is 43.9 Å². The topological polar surface area (TPSA) is 59.9 Å². The molecule has 136 valence electrons. The number of thiophene rings is 1. The predicted molar refractivity (Wildman–Crippen MR) is 109 cm³/mol. The zero-order chi connectivity index (χ0) is 18.4. The predicted octanol–water partition coefficient (Wildman–Crippen LogP) is 4.70. The second-order valence-corrected chi connectivity index (χ2v) is 8.49. The molecule has 0 radical (unpaired) electrons. The fourth-order valence-electron chi connectivity index (χ4n) is 3.50. The highest BCUT2D eigenvalue weighted by atomic mass is 32.1. The van der Waals surface area contributed by atoms with Gasteiger partial charge in [-0.1, -0.05) is 18.2 Å². The third-order valence-corrected chi connectivity index (χ3v) is 6.07. The van der Waals surface area contributed by atoms with Crippen molar-refractivity contribution < 1.29 is 4.74 Å². The van der Waals surface area contributed by atoms with Crippen molar-refractivity contribution in [3.63, 3.8) is 0 Å². The molecule has 1 N–H and O–H groups in total. The van der Waals surface area contributed by atoms with E-state index in [1.54, 1.807) is 17.7 Å². The van der Waals surface area contributed by atoms with Gasteiger partial charge in [0.2, 0.25) is 0 Å². The molecule has 0 amide bonds. The lowest BCUT2D eigenvalue weighted by atomic mass is 9.95. The molecular formula is C21H20N4OS. The maximum atomic E-state index is 5.96. The van der Waals surface area contributed by atoms with Crippen molar-refractivity contribution in [2.45, 2.75) is 39.0 Å². The zero-order valence-electron chi connectivity index (χ0n) is 15.3. The Balaban J connectivity index is 1.56. The Morgan fingerprint density at radius 2 is 2.04 bits per heavy atom.